The van der Waals surface area contributed by atoms with Gasteiger partial charge in [-0.15, -0.1) is 0 Å². The zero-order valence-corrected chi connectivity index (χ0v) is 8.01. The lowest BCUT2D eigenvalue weighted by atomic mass is 9.83. The molecule has 3 nitrogen and oxygen atoms in total. The highest BCUT2D eigenvalue weighted by atomic mass is 16.2. The number of piperazine rings is 1. The molecule has 1 heterocycles. The topological polar surface area (TPSA) is 41.1 Å². The summed E-state index contributed by atoms with van der Waals surface area (Å²) in [6.45, 7) is 1.35. The Morgan fingerprint density at radius 1 is 1.15 bits per heavy atom. The van der Waals surface area contributed by atoms with E-state index < -0.39 is 0 Å². The highest BCUT2D eigenvalue weighted by Gasteiger charge is 2.26. The minimum absolute atomic E-state index is 0.145. The quantitative estimate of drug-likeness (QED) is 0.625. The van der Waals surface area contributed by atoms with Gasteiger partial charge in [-0.05, 0) is 18.8 Å². The van der Waals surface area contributed by atoms with E-state index >= 15 is 0 Å². The Bertz CT molecular complexity index is 177. The van der Waals surface area contributed by atoms with Crippen LogP contribution in [-0.2, 0) is 4.79 Å². The maximum Gasteiger partial charge on any atom is 0.234 e. The van der Waals surface area contributed by atoms with E-state index in [1.54, 1.807) is 0 Å². The van der Waals surface area contributed by atoms with Crippen molar-refractivity contribution in [1.29, 1.82) is 0 Å². The summed E-state index contributed by atoms with van der Waals surface area (Å²) in [5.41, 5.74) is 0. The van der Waals surface area contributed by atoms with Crippen LogP contribution in [0.25, 0.3) is 0 Å². The van der Waals surface area contributed by atoms with Gasteiger partial charge in [-0.1, -0.05) is 19.3 Å². The molecule has 0 bridgehead atoms. The Labute approximate surface area is 79.3 Å². The summed E-state index contributed by atoms with van der Waals surface area (Å²) in [6.07, 6.45) is 6.82. The van der Waals surface area contributed by atoms with Crippen molar-refractivity contribution in [2.24, 2.45) is 5.92 Å². The third kappa shape index (κ3) is 2.21. The van der Waals surface area contributed by atoms with Gasteiger partial charge in [0.2, 0.25) is 5.91 Å². The molecular weight excluding hydrogens is 164 g/mol. The lowest BCUT2D eigenvalue weighted by molar-refractivity contribution is -0.121. The predicted octanol–water partition coefficient (Wildman–Crippen LogP) is 0.655. The zero-order valence-electron chi connectivity index (χ0n) is 8.01. The fourth-order valence-electron chi connectivity index (χ4n) is 2.45. The fourth-order valence-corrected chi connectivity index (χ4v) is 2.45. The molecular formula is C10H18N2O. The first-order valence-electron chi connectivity index (χ1n) is 5.36. The van der Waals surface area contributed by atoms with E-state index in [0.717, 1.165) is 12.5 Å². The largest absolute Gasteiger partial charge is 0.353 e. The van der Waals surface area contributed by atoms with Crippen LogP contribution in [0.3, 0.4) is 0 Å². The van der Waals surface area contributed by atoms with Crippen LogP contribution in [0.15, 0.2) is 0 Å². The summed E-state index contributed by atoms with van der Waals surface area (Å²) in [5, 5.41) is 6.25. The third-order valence-corrected chi connectivity index (χ3v) is 3.26. The van der Waals surface area contributed by atoms with Crippen LogP contribution in [0.5, 0.6) is 0 Å². The average molecular weight is 182 g/mol. The van der Waals surface area contributed by atoms with Gasteiger partial charge in [-0.25, -0.2) is 0 Å². The maximum absolute atomic E-state index is 10.9. The van der Waals surface area contributed by atoms with Gasteiger partial charge >= 0.3 is 0 Å². The SMILES string of the molecule is O=C1CN[C@@H](C2CCCCC2)CN1. The number of hydrogen-bond donors (Lipinski definition) is 2. The standard InChI is InChI=1S/C10H18N2O/c13-10-7-11-9(6-12-10)8-4-2-1-3-5-8/h8-9,11H,1-7H2,(H,12,13)/t9-/m1/s1. The molecule has 1 saturated carbocycles. The van der Waals surface area contributed by atoms with Crippen LogP contribution in [0.2, 0.25) is 0 Å². The van der Waals surface area contributed by atoms with Crippen molar-refractivity contribution >= 4 is 5.91 Å². The lowest BCUT2D eigenvalue weighted by Gasteiger charge is -2.33. The summed E-state index contributed by atoms with van der Waals surface area (Å²) in [7, 11) is 0. The molecule has 0 aromatic rings. The van der Waals surface area contributed by atoms with Gasteiger partial charge in [-0.2, -0.15) is 0 Å². The van der Waals surface area contributed by atoms with Gasteiger partial charge in [-0.3, -0.25) is 4.79 Å². The number of carbonyl (C=O) groups is 1. The summed E-state index contributed by atoms with van der Waals surface area (Å²) in [6, 6.07) is 0.540. The van der Waals surface area contributed by atoms with Crippen LogP contribution in [0.4, 0.5) is 0 Å². The molecule has 1 atom stereocenters. The summed E-state index contributed by atoms with van der Waals surface area (Å²) in [4.78, 5) is 10.9. The van der Waals surface area contributed by atoms with E-state index in [1.165, 1.54) is 32.1 Å². The number of nitrogens with one attached hydrogen (secondary N) is 2. The smallest absolute Gasteiger partial charge is 0.234 e. The molecule has 0 radical (unpaired) electrons. The molecule has 0 aromatic heterocycles. The van der Waals surface area contributed by atoms with Crippen molar-refractivity contribution in [2.75, 3.05) is 13.1 Å². The first-order chi connectivity index (χ1) is 6.36. The molecule has 1 amide bonds. The molecule has 2 rings (SSSR count). The molecule has 0 spiro atoms. The molecule has 1 aliphatic carbocycles. The molecule has 2 N–H and O–H groups in total. The first kappa shape index (κ1) is 9.00. The van der Waals surface area contributed by atoms with Crippen LogP contribution in [0, 0.1) is 5.92 Å². The Kier molecular flexibility index (Phi) is 2.83. The molecule has 3 heteroatoms. The Hall–Kier alpha value is -0.570. The van der Waals surface area contributed by atoms with Gasteiger partial charge in [0.1, 0.15) is 0 Å². The van der Waals surface area contributed by atoms with Crippen LogP contribution >= 0.6 is 0 Å². The van der Waals surface area contributed by atoms with Gasteiger partial charge in [0.05, 0.1) is 6.54 Å². The third-order valence-electron chi connectivity index (χ3n) is 3.26. The fraction of sp³-hybridized carbons (Fsp3) is 0.900. The second kappa shape index (κ2) is 4.09. The molecule has 0 unspecified atom stereocenters. The minimum Gasteiger partial charge on any atom is -0.353 e. The van der Waals surface area contributed by atoms with E-state index in [-0.39, 0.29) is 5.91 Å². The Balaban J connectivity index is 1.82. The van der Waals surface area contributed by atoms with Gasteiger partial charge < -0.3 is 10.6 Å². The van der Waals surface area contributed by atoms with E-state index in [9.17, 15) is 4.79 Å². The van der Waals surface area contributed by atoms with Gasteiger partial charge in [0.25, 0.3) is 0 Å². The monoisotopic (exact) mass is 182 g/mol. The minimum atomic E-state index is 0.145. The molecule has 13 heavy (non-hydrogen) atoms. The van der Waals surface area contributed by atoms with Crippen molar-refractivity contribution in [1.82, 2.24) is 10.6 Å². The van der Waals surface area contributed by atoms with E-state index in [4.69, 9.17) is 0 Å². The van der Waals surface area contributed by atoms with E-state index in [2.05, 4.69) is 10.6 Å². The second-order valence-electron chi connectivity index (χ2n) is 4.19. The van der Waals surface area contributed by atoms with Crippen LogP contribution in [0.1, 0.15) is 32.1 Å². The molecule has 2 fully saturated rings. The van der Waals surface area contributed by atoms with Gasteiger partial charge in [0, 0.05) is 12.6 Å². The summed E-state index contributed by atoms with van der Waals surface area (Å²) >= 11 is 0. The second-order valence-corrected chi connectivity index (χ2v) is 4.19. The number of amides is 1. The molecule has 2 aliphatic rings. The number of carbonyl (C=O) groups excluding carboxylic acids is 1. The summed E-state index contributed by atoms with van der Waals surface area (Å²) < 4.78 is 0. The van der Waals surface area contributed by atoms with Crippen molar-refractivity contribution < 1.29 is 4.79 Å². The highest BCUT2D eigenvalue weighted by molar-refractivity contribution is 5.78. The molecule has 0 aromatic carbocycles. The number of hydrogen-bond acceptors (Lipinski definition) is 2. The Morgan fingerprint density at radius 3 is 2.54 bits per heavy atom. The normalized spacial score (nSPS) is 31.4. The zero-order chi connectivity index (χ0) is 9.10. The predicted molar refractivity (Wildman–Crippen MR) is 51.4 cm³/mol. The van der Waals surface area contributed by atoms with Crippen molar-refractivity contribution in [3.63, 3.8) is 0 Å². The van der Waals surface area contributed by atoms with E-state index in [0.29, 0.717) is 12.6 Å². The molecule has 1 saturated heterocycles. The van der Waals surface area contributed by atoms with Gasteiger partial charge in [0.15, 0.2) is 0 Å². The van der Waals surface area contributed by atoms with Crippen molar-refractivity contribution in [3.8, 4) is 0 Å². The van der Waals surface area contributed by atoms with E-state index in [1.807, 2.05) is 0 Å². The molecule has 74 valence electrons. The first-order valence-corrected chi connectivity index (χ1v) is 5.36. The Morgan fingerprint density at radius 2 is 1.92 bits per heavy atom. The highest BCUT2D eigenvalue weighted by Crippen LogP contribution is 2.26. The van der Waals surface area contributed by atoms with Crippen molar-refractivity contribution in [2.45, 2.75) is 38.1 Å². The van der Waals surface area contributed by atoms with Crippen LogP contribution < -0.4 is 10.6 Å². The maximum atomic E-state index is 10.9. The number of rotatable bonds is 1. The average Bonchev–Trinajstić information content (AvgIpc) is 2.20. The van der Waals surface area contributed by atoms with Crippen LogP contribution in [-0.4, -0.2) is 25.0 Å². The lowest BCUT2D eigenvalue weighted by Crippen LogP contribution is -2.55. The van der Waals surface area contributed by atoms with Crippen molar-refractivity contribution in [3.05, 3.63) is 0 Å². The molecule has 1 aliphatic heterocycles. The summed E-state index contributed by atoms with van der Waals surface area (Å²) in [5.74, 6) is 0.946.